The maximum absolute atomic E-state index is 14.8. The Bertz CT molecular complexity index is 1990. The predicted octanol–water partition coefficient (Wildman–Crippen LogP) is 5.29. The number of Topliss-reactive ketones (excluding diaryl/α,β-unsaturated/α-hetero) is 1. The van der Waals surface area contributed by atoms with Gasteiger partial charge in [0.15, 0.2) is 17.3 Å². The molecule has 1 aromatic heterocycles. The maximum atomic E-state index is 14.8. The number of esters is 1. The molecule has 0 bridgehead atoms. The molecule has 298 valence electrons. The summed E-state index contributed by atoms with van der Waals surface area (Å²) in [5.74, 6) is -1.44. The van der Waals surface area contributed by atoms with Gasteiger partial charge >= 0.3 is 5.97 Å². The molecule has 14 heteroatoms. The number of sulfonamides is 1. The van der Waals surface area contributed by atoms with E-state index in [2.05, 4.69) is 16.6 Å². The summed E-state index contributed by atoms with van der Waals surface area (Å²) < 4.78 is 51.5. The van der Waals surface area contributed by atoms with E-state index in [1.807, 2.05) is 31.2 Å². The molecule has 0 spiro atoms. The van der Waals surface area contributed by atoms with E-state index in [0.717, 1.165) is 18.2 Å². The van der Waals surface area contributed by atoms with Crippen LogP contribution in [0.3, 0.4) is 0 Å². The van der Waals surface area contributed by atoms with Crippen molar-refractivity contribution in [2.75, 3.05) is 19.8 Å². The zero-order chi connectivity index (χ0) is 39.3. The van der Waals surface area contributed by atoms with Gasteiger partial charge < -0.3 is 23.8 Å². The second kappa shape index (κ2) is 15.0. The lowest BCUT2D eigenvalue weighted by atomic mass is 9.82. The average Bonchev–Trinajstić information content (AvgIpc) is 4.01. The molecule has 7 atom stereocenters. The van der Waals surface area contributed by atoms with Crippen LogP contribution in [0, 0.1) is 29.1 Å². The number of ketones is 1. The third-order valence-corrected chi connectivity index (χ3v) is 14.4. The monoisotopic (exact) mass is 779 g/mol. The van der Waals surface area contributed by atoms with Crippen molar-refractivity contribution in [3.05, 3.63) is 36.5 Å². The Kier molecular flexibility index (Phi) is 10.7. The largest absolute Gasteiger partial charge is 0.486 e. The number of hydrogen-bond donors (Lipinski definition) is 1. The molecule has 5 aliphatic rings. The Morgan fingerprint density at radius 2 is 1.84 bits per heavy atom. The molecule has 2 amide bonds. The molecule has 13 nitrogen and oxygen atoms in total. The highest BCUT2D eigenvalue weighted by Crippen LogP contribution is 2.58. The number of allylic oxidation sites excluding steroid dienone is 2. The molecule has 55 heavy (non-hydrogen) atoms. The van der Waals surface area contributed by atoms with E-state index < -0.39 is 50.1 Å². The van der Waals surface area contributed by atoms with Crippen LogP contribution in [-0.2, 0) is 33.9 Å². The van der Waals surface area contributed by atoms with Crippen LogP contribution in [0.15, 0.2) is 36.5 Å². The topological polar surface area (TPSA) is 168 Å². The van der Waals surface area contributed by atoms with Crippen molar-refractivity contribution in [3.63, 3.8) is 0 Å². The van der Waals surface area contributed by atoms with Gasteiger partial charge in [-0.05, 0) is 95.2 Å². The number of carbonyl (C=O) groups excluding carboxylic acids is 4. The molecule has 2 saturated carbocycles. The van der Waals surface area contributed by atoms with Crippen LogP contribution in [0.2, 0.25) is 0 Å². The minimum Gasteiger partial charge on any atom is -0.486 e. The Hall–Kier alpha value is -4.20. The number of carbonyl (C=O) groups is 4. The molecule has 2 aromatic rings. The van der Waals surface area contributed by atoms with Crippen molar-refractivity contribution in [2.45, 2.75) is 115 Å². The first kappa shape index (κ1) is 39.1. The molecule has 3 aliphatic heterocycles. The molecule has 2 aliphatic carbocycles. The second-order valence-corrected chi connectivity index (χ2v) is 19.1. The number of ether oxygens (including phenoxy) is 4. The van der Waals surface area contributed by atoms with E-state index in [1.165, 1.54) is 4.90 Å². The SMILES string of the molecule is CC(C)OC(=O)C[C@@H]1C(=O)N2C[C@H](Oc3nccc4c5c(ccc34)OCCO5)C[C@H]2C(=O)C[C@]2(C(=O)NS(=O)(=O)C3(C)CC3)C[C@H]2/C=C\CC[C@H](C)C[C@H]1C. The van der Waals surface area contributed by atoms with Crippen molar-refractivity contribution in [2.24, 2.45) is 29.1 Å². The number of rotatable bonds is 8. The number of amides is 2. The van der Waals surface area contributed by atoms with Gasteiger partial charge in [-0.25, -0.2) is 13.4 Å². The minimum absolute atomic E-state index is 0.0467. The van der Waals surface area contributed by atoms with Crippen molar-refractivity contribution in [3.8, 4) is 17.4 Å². The highest BCUT2D eigenvalue weighted by Gasteiger charge is 2.62. The Morgan fingerprint density at radius 3 is 2.58 bits per heavy atom. The molecule has 1 N–H and O–H groups in total. The van der Waals surface area contributed by atoms with E-state index in [-0.39, 0.29) is 61.4 Å². The highest BCUT2D eigenvalue weighted by molar-refractivity contribution is 7.91. The average molecular weight is 780 g/mol. The molecule has 4 heterocycles. The fourth-order valence-corrected chi connectivity index (χ4v) is 9.90. The first-order chi connectivity index (χ1) is 26.1. The molecule has 1 aromatic carbocycles. The second-order valence-electron chi connectivity index (χ2n) is 17.0. The number of hydrogen-bond acceptors (Lipinski definition) is 11. The van der Waals surface area contributed by atoms with Crippen LogP contribution in [0.1, 0.15) is 92.4 Å². The third-order valence-electron chi connectivity index (χ3n) is 12.2. The van der Waals surface area contributed by atoms with Gasteiger partial charge in [-0.1, -0.05) is 26.0 Å². The van der Waals surface area contributed by atoms with Crippen LogP contribution in [-0.4, -0.2) is 84.6 Å². The summed E-state index contributed by atoms with van der Waals surface area (Å²) in [6.45, 7) is 10.1. The molecular formula is C41H53N3O10S. The van der Waals surface area contributed by atoms with Gasteiger partial charge in [-0.15, -0.1) is 0 Å². The number of benzene rings is 1. The zero-order valence-electron chi connectivity index (χ0n) is 32.4. The summed E-state index contributed by atoms with van der Waals surface area (Å²) in [5, 5.41) is 1.43. The molecule has 0 unspecified atom stereocenters. The summed E-state index contributed by atoms with van der Waals surface area (Å²) in [4.78, 5) is 62.6. The minimum atomic E-state index is -3.95. The number of pyridine rings is 1. The van der Waals surface area contributed by atoms with Gasteiger partial charge in [0.1, 0.15) is 19.3 Å². The van der Waals surface area contributed by atoms with Crippen molar-refractivity contribution in [1.29, 1.82) is 0 Å². The molecule has 7 rings (SSSR count). The van der Waals surface area contributed by atoms with E-state index >= 15 is 0 Å². The van der Waals surface area contributed by atoms with Crippen LogP contribution < -0.4 is 18.9 Å². The highest BCUT2D eigenvalue weighted by atomic mass is 32.2. The summed E-state index contributed by atoms with van der Waals surface area (Å²) in [6, 6.07) is 4.48. The van der Waals surface area contributed by atoms with Crippen molar-refractivity contribution < 1.29 is 46.5 Å². The maximum Gasteiger partial charge on any atom is 0.306 e. The first-order valence-electron chi connectivity index (χ1n) is 19.7. The van der Waals surface area contributed by atoms with E-state index in [1.54, 1.807) is 33.0 Å². The Morgan fingerprint density at radius 1 is 1.07 bits per heavy atom. The van der Waals surface area contributed by atoms with Gasteiger partial charge in [0, 0.05) is 29.8 Å². The number of fused-ring (bicyclic) bond motifs is 5. The van der Waals surface area contributed by atoms with Crippen molar-refractivity contribution in [1.82, 2.24) is 14.6 Å². The molecule has 0 radical (unpaired) electrons. The standard InChI is InChI=1S/C41H53N3O10S/c1-24(2)53-35(46)20-31-26(4)18-25(3)8-6-7-9-27-21-41(27,39(48)43-55(49,50)40(5)13-14-40)22-33(45)32-19-28(23-44(32)38(31)47)54-37-30-10-11-34-36(52-17-16-51-34)29(30)12-15-42-37/h7,9-12,15,24-28,31-32H,6,8,13-14,16-23H2,1-5H3,(H,43,48)/b9-7-/t25-,26+,27+,28+,31-,32-,41+/m0/s1. The number of nitrogens with one attached hydrogen (secondary N) is 1. The summed E-state index contributed by atoms with van der Waals surface area (Å²) in [5.41, 5.74) is -1.27. The van der Waals surface area contributed by atoms with E-state index in [4.69, 9.17) is 18.9 Å². The lowest BCUT2D eigenvalue weighted by Crippen LogP contribution is -2.48. The third kappa shape index (κ3) is 7.93. The molecular weight excluding hydrogens is 727 g/mol. The lowest BCUT2D eigenvalue weighted by Gasteiger charge is -2.32. The molecule has 1 saturated heterocycles. The lowest BCUT2D eigenvalue weighted by molar-refractivity contribution is -0.154. The van der Waals surface area contributed by atoms with Gasteiger partial charge in [0.05, 0.1) is 41.2 Å². The van der Waals surface area contributed by atoms with Gasteiger partial charge in [-0.2, -0.15) is 0 Å². The van der Waals surface area contributed by atoms with Gasteiger partial charge in [0.2, 0.25) is 27.7 Å². The fraction of sp³-hybridized carbons (Fsp3) is 0.634. The van der Waals surface area contributed by atoms with E-state index in [9.17, 15) is 27.6 Å². The Labute approximate surface area is 322 Å². The van der Waals surface area contributed by atoms with Crippen LogP contribution >= 0.6 is 0 Å². The van der Waals surface area contributed by atoms with Crippen molar-refractivity contribution >= 4 is 44.4 Å². The van der Waals surface area contributed by atoms with Crippen LogP contribution in [0.25, 0.3) is 10.8 Å². The smallest absolute Gasteiger partial charge is 0.306 e. The summed E-state index contributed by atoms with van der Waals surface area (Å²) in [6.07, 6.45) is 7.74. The molecule has 3 fully saturated rings. The van der Waals surface area contributed by atoms with Crippen LogP contribution in [0.5, 0.6) is 17.4 Å². The normalized spacial score (nSPS) is 31.1. The first-order valence-corrected chi connectivity index (χ1v) is 21.2. The summed E-state index contributed by atoms with van der Waals surface area (Å²) >= 11 is 0. The fourth-order valence-electron chi connectivity index (χ4n) is 8.57. The Balaban J connectivity index is 1.22. The number of nitrogens with zero attached hydrogens (tertiary/aromatic N) is 2. The van der Waals surface area contributed by atoms with Gasteiger partial charge in [0.25, 0.3) is 0 Å². The van der Waals surface area contributed by atoms with Gasteiger partial charge in [-0.3, -0.25) is 23.9 Å². The number of aromatic nitrogens is 1. The summed E-state index contributed by atoms with van der Waals surface area (Å²) in [7, 11) is -3.95. The zero-order valence-corrected chi connectivity index (χ0v) is 33.2. The van der Waals surface area contributed by atoms with Crippen LogP contribution in [0.4, 0.5) is 0 Å². The van der Waals surface area contributed by atoms with E-state index in [0.29, 0.717) is 61.7 Å². The predicted molar refractivity (Wildman–Crippen MR) is 203 cm³/mol. The quantitative estimate of drug-likeness (QED) is 0.273.